The predicted molar refractivity (Wildman–Crippen MR) is 88.2 cm³/mol. The standard InChI is InChI=1S/C16H16N2O3S/c1-4-10-8-11-15(19)17-14(18-16(11)22-10)9-5-6-12(20-2)13(7-9)21-3/h5-8H,4H2,1-3H3,(H,17,18,19). The Kier molecular flexibility index (Phi) is 3.85. The van der Waals surface area contributed by atoms with Crippen molar-refractivity contribution < 1.29 is 9.47 Å². The number of methoxy groups -OCH3 is 2. The zero-order chi connectivity index (χ0) is 15.7. The van der Waals surface area contributed by atoms with Gasteiger partial charge in [-0.05, 0) is 30.7 Å². The van der Waals surface area contributed by atoms with Gasteiger partial charge in [-0.2, -0.15) is 0 Å². The average molecular weight is 316 g/mol. The molecule has 3 aromatic rings. The zero-order valence-corrected chi connectivity index (χ0v) is 13.4. The van der Waals surface area contributed by atoms with Gasteiger partial charge in [-0.25, -0.2) is 4.98 Å². The van der Waals surface area contributed by atoms with Crippen molar-refractivity contribution in [3.8, 4) is 22.9 Å². The molecule has 0 saturated heterocycles. The van der Waals surface area contributed by atoms with Crippen molar-refractivity contribution in [3.63, 3.8) is 0 Å². The van der Waals surface area contributed by atoms with E-state index in [2.05, 4.69) is 16.9 Å². The number of nitrogens with one attached hydrogen (secondary N) is 1. The van der Waals surface area contributed by atoms with E-state index < -0.39 is 0 Å². The fraction of sp³-hybridized carbons (Fsp3) is 0.250. The lowest BCUT2D eigenvalue weighted by atomic mass is 10.2. The van der Waals surface area contributed by atoms with Gasteiger partial charge in [0.2, 0.25) is 0 Å². The number of fused-ring (bicyclic) bond motifs is 1. The molecule has 0 aliphatic rings. The number of H-pyrrole nitrogens is 1. The molecule has 0 spiro atoms. The number of ether oxygens (including phenoxy) is 2. The van der Waals surface area contributed by atoms with Gasteiger partial charge in [0, 0.05) is 10.4 Å². The van der Waals surface area contributed by atoms with Crippen LogP contribution < -0.4 is 15.0 Å². The van der Waals surface area contributed by atoms with Crippen molar-refractivity contribution in [2.24, 2.45) is 0 Å². The van der Waals surface area contributed by atoms with Gasteiger partial charge in [0.1, 0.15) is 10.7 Å². The first-order valence-corrected chi connectivity index (χ1v) is 7.73. The minimum atomic E-state index is -0.120. The lowest BCUT2D eigenvalue weighted by Gasteiger charge is -2.09. The smallest absolute Gasteiger partial charge is 0.259 e. The fourth-order valence-corrected chi connectivity index (χ4v) is 3.24. The van der Waals surface area contributed by atoms with Gasteiger partial charge in [-0.3, -0.25) is 4.79 Å². The summed E-state index contributed by atoms with van der Waals surface area (Å²) in [6.07, 6.45) is 0.895. The minimum absolute atomic E-state index is 0.120. The number of thiophene rings is 1. The maximum Gasteiger partial charge on any atom is 0.259 e. The van der Waals surface area contributed by atoms with Crippen LogP contribution in [0.25, 0.3) is 21.6 Å². The Morgan fingerprint density at radius 2 is 1.95 bits per heavy atom. The molecule has 6 heteroatoms. The van der Waals surface area contributed by atoms with E-state index in [1.807, 2.05) is 12.1 Å². The Morgan fingerprint density at radius 1 is 1.18 bits per heavy atom. The quantitative estimate of drug-likeness (QED) is 0.802. The number of aromatic nitrogens is 2. The van der Waals surface area contributed by atoms with Crippen molar-refractivity contribution >= 4 is 21.6 Å². The molecule has 0 aliphatic carbocycles. The highest BCUT2D eigenvalue weighted by Crippen LogP contribution is 2.31. The highest BCUT2D eigenvalue weighted by molar-refractivity contribution is 7.18. The summed E-state index contributed by atoms with van der Waals surface area (Å²) in [6, 6.07) is 7.35. The summed E-state index contributed by atoms with van der Waals surface area (Å²) < 4.78 is 10.5. The Hall–Kier alpha value is -2.34. The minimum Gasteiger partial charge on any atom is -0.493 e. The number of hydrogen-bond donors (Lipinski definition) is 1. The normalized spacial score (nSPS) is 10.9. The topological polar surface area (TPSA) is 64.2 Å². The van der Waals surface area contributed by atoms with Gasteiger partial charge >= 0.3 is 0 Å². The van der Waals surface area contributed by atoms with Gasteiger partial charge in [-0.15, -0.1) is 11.3 Å². The maximum absolute atomic E-state index is 12.2. The van der Waals surface area contributed by atoms with Crippen LogP contribution in [0.3, 0.4) is 0 Å². The van der Waals surface area contributed by atoms with Gasteiger partial charge < -0.3 is 14.5 Å². The third-order valence-corrected chi connectivity index (χ3v) is 4.63. The number of hydrogen-bond acceptors (Lipinski definition) is 5. The van der Waals surface area contributed by atoms with Crippen LogP contribution in [-0.2, 0) is 6.42 Å². The SMILES string of the molecule is CCc1cc2c(=O)[nH]c(-c3ccc(OC)c(OC)c3)nc2s1. The molecule has 0 radical (unpaired) electrons. The van der Waals surface area contributed by atoms with Crippen molar-refractivity contribution in [1.29, 1.82) is 0 Å². The highest BCUT2D eigenvalue weighted by atomic mass is 32.1. The molecule has 1 aromatic carbocycles. The van der Waals surface area contributed by atoms with Crippen LogP contribution >= 0.6 is 11.3 Å². The van der Waals surface area contributed by atoms with Gasteiger partial charge in [0.25, 0.3) is 5.56 Å². The van der Waals surface area contributed by atoms with Crippen LogP contribution in [-0.4, -0.2) is 24.2 Å². The van der Waals surface area contributed by atoms with E-state index in [1.54, 1.807) is 37.7 Å². The van der Waals surface area contributed by atoms with Gasteiger partial charge in [-0.1, -0.05) is 6.92 Å². The van der Waals surface area contributed by atoms with Crippen molar-refractivity contribution in [3.05, 3.63) is 39.5 Å². The van der Waals surface area contributed by atoms with Crippen molar-refractivity contribution in [1.82, 2.24) is 9.97 Å². The molecule has 0 unspecified atom stereocenters. The Morgan fingerprint density at radius 3 is 2.64 bits per heavy atom. The molecule has 0 saturated carbocycles. The maximum atomic E-state index is 12.2. The van der Waals surface area contributed by atoms with Crippen molar-refractivity contribution in [2.45, 2.75) is 13.3 Å². The third kappa shape index (κ3) is 2.46. The largest absolute Gasteiger partial charge is 0.493 e. The van der Waals surface area contributed by atoms with Crippen LogP contribution in [0.4, 0.5) is 0 Å². The summed E-state index contributed by atoms with van der Waals surface area (Å²) >= 11 is 1.55. The first-order valence-electron chi connectivity index (χ1n) is 6.91. The average Bonchev–Trinajstić information content (AvgIpc) is 2.98. The Labute approximate surface area is 131 Å². The van der Waals surface area contributed by atoms with Crippen LogP contribution in [0.5, 0.6) is 11.5 Å². The molecule has 0 bridgehead atoms. The fourth-order valence-electron chi connectivity index (χ4n) is 2.28. The van der Waals surface area contributed by atoms with Crippen LogP contribution in [0, 0.1) is 0 Å². The zero-order valence-electron chi connectivity index (χ0n) is 12.6. The molecule has 0 aliphatic heterocycles. The van der Waals surface area contributed by atoms with Crippen LogP contribution in [0.1, 0.15) is 11.8 Å². The molecule has 2 aromatic heterocycles. The predicted octanol–water partition coefficient (Wildman–Crippen LogP) is 3.23. The Bertz CT molecular complexity index is 883. The van der Waals surface area contributed by atoms with E-state index in [4.69, 9.17) is 9.47 Å². The first-order chi connectivity index (χ1) is 10.7. The van der Waals surface area contributed by atoms with Crippen molar-refractivity contribution in [2.75, 3.05) is 14.2 Å². The van der Waals surface area contributed by atoms with E-state index in [9.17, 15) is 4.79 Å². The second-order valence-corrected chi connectivity index (χ2v) is 5.88. The van der Waals surface area contributed by atoms with Gasteiger partial charge in [0.15, 0.2) is 11.5 Å². The van der Waals surface area contributed by atoms with E-state index in [1.165, 1.54) is 0 Å². The number of aryl methyl sites for hydroxylation is 1. The summed E-state index contributed by atoms with van der Waals surface area (Å²) in [6.45, 7) is 2.06. The molecule has 0 amide bonds. The number of rotatable bonds is 4. The monoisotopic (exact) mass is 316 g/mol. The number of benzene rings is 1. The molecular weight excluding hydrogens is 300 g/mol. The molecule has 5 nitrogen and oxygen atoms in total. The number of aromatic amines is 1. The Balaban J connectivity index is 2.15. The summed E-state index contributed by atoms with van der Waals surface area (Å²) in [5.74, 6) is 1.77. The van der Waals surface area contributed by atoms with E-state index in [-0.39, 0.29) is 5.56 Å². The summed E-state index contributed by atoms with van der Waals surface area (Å²) in [5, 5.41) is 0.645. The van der Waals surface area contributed by atoms with E-state index >= 15 is 0 Å². The lowest BCUT2D eigenvalue weighted by Crippen LogP contribution is -2.08. The highest BCUT2D eigenvalue weighted by Gasteiger charge is 2.12. The molecular formula is C16H16N2O3S. The summed E-state index contributed by atoms with van der Waals surface area (Å²) in [4.78, 5) is 21.5. The second kappa shape index (κ2) is 5.81. The summed E-state index contributed by atoms with van der Waals surface area (Å²) in [7, 11) is 3.16. The van der Waals surface area contributed by atoms with Crippen LogP contribution in [0.2, 0.25) is 0 Å². The lowest BCUT2D eigenvalue weighted by molar-refractivity contribution is 0.355. The molecule has 1 N–H and O–H groups in total. The molecule has 114 valence electrons. The molecule has 3 rings (SSSR count). The third-order valence-electron chi connectivity index (χ3n) is 3.46. The second-order valence-electron chi connectivity index (χ2n) is 4.77. The molecule has 2 heterocycles. The van der Waals surface area contributed by atoms with E-state index in [0.29, 0.717) is 22.7 Å². The molecule has 0 atom stereocenters. The molecule has 22 heavy (non-hydrogen) atoms. The van der Waals surface area contributed by atoms with Crippen LogP contribution in [0.15, 0.2) is 29.1 Å². The van der Waals surface area contributed by atoms with E-state index in [0.717, 1.165) is 21.7 Å². The first kappa shape index (κ1) is 14.6. The molecule has 0 fully saturated rings. The summed E-state index contributed by atoms with van der Waals surface area (Å²) in [5.41, 5.74) is 0.661. The number of nitrogens with zero attached hydrogens (tertiary/aromatic N) is 1. The van der Waals surface area contributed by atoms with Gasteiger partial charge in [0.05, 0.1) is 19.6 Å².